The van der Waals surface area contributed by atoms with Crippen molar-refractivity contribution in [3.8, 4) is 11.1 Å². The molecule has 0 saturated carbocycles. The smallest absolute Gasteiger partial charge is 0.0952 e. The Balaban J connectivity index is 1.51. The first-order valence-corrected chi connectivity index (χ1v) is 7.91. The first kappa shape index (κ1) is 13.1. The maximum atomic E-state index is 6.08. The molecule has 0 aromatic heterocycles. The molecule has 108 valence electrons. The number of rotatable bonds is 2. The Hall–Kier alpha value is -1.64. The van der Waals surface area contributed by atoms with Crippen LogP contribution in [0.3, 0.4) is 0 Å². The van der Waals surface area contributed by atoms with E-state index in [1.165, 1.54) is 36.1 Å². The Morgan fingerprint density at radius 3 is 2.48 bits per heavy atom. The van der Waals surface area contributed by atoms with Crippen LogP contribution >= 0.6 is 0 Å². The van der Waals surface area contributed by atoms with E-state index in [2.05, 4.69) is 59.5 Å². The number of morpholine rings is 1. The van der Waals surface area contributed by atoms with Gasteiger partial charge in [-0.3, -0.25) is 4.90 Å². The van der Waals surface area contributed by atoms with Crippen LogP contribution in [0.5, 0.6) is 0 Å². The van der Waals surface area contributed by atoms with Crippen molar-refractivity contribution in [1.29, 1.82) is 0 Å². The Labute approximate surface area is 126 Å². The molecule has 2 aliphatic heterocycles. The van der Waals surface area contributed by atoms with Crippen LogP contribution in [0.4, 0.5) is 0 Å². The zero-order valence-corrected chi connectivity index (χ0v) is 12.2. The monoisotopic (exact) mass is 279 g/mol. The first-order valence-electron chi connectivity index (χ1n) is 7.91. The van der Waals surface area contributed by atoms with Crippen molar-refractivity contribution in [1.82, 2.24) is 4.90 Å². The summed E-state index contributed by atoms with van der Waals surface area (Å²) in [5, 5.41) is 0. The number of hydrogen-bond donors (Lipinski definition) is 0. The molecule has 0 aliphatic carbocycles. The van der Waals surface area contributed by atoms with Gasteiger partial charge in [-0.15, -0.1) is 0 Å². The normalized spacial score (nSPS) is 25.7. The third kappa shape index (κ3) is 2.61. The zero-order valence-electron chi connectivity index (χ0n) is 12.2. The van der Waals surface area contributed by atoms with Gasteiger partial charge in [-0.05, 0) is 36.1 Å². The van der Waals surface area contributed by atoms with Gasteiger partial charge in [0.2, 0.25) is 0 Å². The minimum Gasteiger partial charge on any atom is -0.371 e. The van der Waals surface area contributed by atoms with E-state index in [0.717, 1.165) is 13.2 Å². The lowest BCUT2D eigenvalue weighted by molar-refractivity contribution is -0.0501. The van der Waals surface area contributed by atoms with E-state index in [1.807, 2.05) is 0 Å². The van der Waals surface area contributed by atoms with E-state index >= 15 is 0 Å². The molecule has 2 saturated heterocycles. The van der Waals surface area contributed by atoms with Gasteiger partial charge in [-0.25, -0.2) is 0 Å². The zero-order chi connectivity index (χ0) is 14.1. The van der Waals surface area contributed by atoms with Crippen LogP contribution in [0.1, 0.15) is 24.5 Å². The predicted octanol–water partition coefficient (Wildman–Crippen LogP) is 3.89. The highest BCUT2D eigenvalue weighted by Crippen LogP contribution is 2.31. The highest BCUT2D eigenvalue weighted by molar-refractivity contribution is 5.63. The maximum absolute atomic E-state index is 6.08. The van der Waals surface area contributed by atoms with Gasteiger partial charge in [0.05, 0.1) is 12.7 Å². The van der Waals surface area contributed by atoms with Crippen molar-refractivity contribution in [3.63, 3.8) is 0 Å². The van der Waals surface area contributed by atoms with Crippen LogP contribution in [-0.4, -0.2) is 30.6 Å². The topological polar surface area (TPSA) is 12.5 Å². The highest BCUT2D eigenvalue weighted by Gasteiger charge is 2.32. The standard InChI is InChI=1S/C19H21NO/c1-2-5-15(6-3-1)16-8-10-17(11-9-16)19-13-20-12-4-7-18(20)14-21-19/h1-3,5-6,8-11,18-19H,4,7,12-14H2/t18?,19-/m0/s1. The fourth-order valence-electron chi connectivity index (χ4n) is 3.54. The largest absolute Gasteiger partial charge is 0.371 e. The number of fused-ring (bicyclic) bond motifs is 1. The SMILES string of the molecule is c1ccc(-c2ccc([C@@H]3CN4CCCC4CO3)cc2)cc1. The molecule has 2 aromatic carbocycles. The van der Waals surface area contributed by atoms with E-state index in [-0.39, 0.29) is 6.10 Å². The van der Waals surface area contributed by atoms with Crippen LogP contribution in [0.25, 0.3) is 11.1 Å². The molecule has 2 nitrogen and oxygen atoms in total. The van der Waals surface area contributed by atoms with Crippen molar-refractivity contribution in [2.45, 2.75) is 25.0 Å². The summed E-state index contributed by atoms with van der Waals surface area (Å²) in [7, 11) is 0. The number of hydrogen-bond acceptors (Lipinski definition) is 2. The van der Waals surface area contributed by atoms with E-state index < -0.39 is 0 Å². The lowest BCUT2D eigenvalue weighted by Gasteiger charge is -2.35. The van der Waals surface area contributed by atoms with E-state index in [9.17, 15) is 0 Å². The van der Waals surface area contributed by atoms with E-state index in [0.29, 0.717) is 6.04 Å². The molecule has 0 amide bonds. The molecule has 2 aliphatic rings. The molecular formula is C19H21NO. The van der Waals surface area contributed by atoms with Crippen LogP contribution in [0.15, 0.2) is 54.6 Å². The summed E-state index contributed by atoms with van der Waals surface area (Å²) >= 11 is 0. The quantitative estimate of drug-likeness (QED) is 0.827. The van der Waals surface area contributed by atoms with Gasteiger partial charge < -0.3 is 4.74 Å². The molecular weight excluding hydrogens is 258 g/mol. The maximum Gasteiger partial charge on any atom is 0.0952 e. The molecule has 4 rings (SSSR count). The fraction of sp³-hybridized carbons (Fsp3) is 0.368. The molecule has 0 spiro atoms. The van der Waals surface area contributed by atoms with Gasteiger partial charge in [0.15, 0.2) is 0 Å². The molecule has 2 atom stereocenters. The van der Waals surface area contributed by atoms with Crippen molar-refractivity contribution in [2.75, 3.05) is 19.7 Å². The Bertz CT molecular complexity index is 593. The second kappa shape index (κ2) is 5.63. The van der Waals surface area contributed by atoms with Crippen molar-refractivity contribution >= 4 is 0 Å². The van der Waals surface area contributed by atoms with Gasteiger partial charge in [0.1, 0.15) is 0 Å². The lowest BCUT2D eigenvalue weighted by atomic mass is 10.0. The predicted molar refractivity (Wildman–Crippen MR) is 85.2 cm³/mol. The molecule has 1 unspecified atom stereocenters. The minimum absolute atomic E-state index is 0.240. The lowest BCUT2D eigenvalue weighted by Crippen LogP contribution is -2.42. The molecule has 2 fully saturated rings. The first-order chi connectivity index (χ1) is 10.4. The molecule has 21 heavy (non-hydrogen) atoms. The van der Waals surface area contributed by atoms with E-state index in [1.54, 1.807) is 0 Å². The molecule has 0 bridgehead atoms. The van der Waals surface area contributed by atoms with Crippen molar-refractivity contribution in [3.05, 3.63) is 60.2 Å². The molecule has 0 N–H and O–H groups in total. The van der Waals surface area contributed by atoms with E-state index in [4.69, 9.17) is 4.74 Å². The molecule has 2 aromatic rings. The van der Waals surface area contributed by atoms with Gasteiger partial charge in [-0.1, -0.05) is 54.6 Å². The second-order valence-corrected chi connectivity index (χ2v) is 6.10. The summed E-state index contributed by atoms with van der Waals surface area (Å²) in [5.74, 6) is 0. The van der Waals surface area contributed by atoms with Crippen molar-refractivity contribution < 1.29 is 4.74 Å². The molecule has 2 heteroatoms. The van der Waals surface area contributed by atoms with Crippen LogP contribution in [0.2, 0.25) is 0 Å². The van der Waals surface area contributed by atoms with Crippen LogP contribution in [0, 0.1) is 0 Å². The van der Waals surface area contributed by atoms with Gasteiger partial charge in [0.25, 0.3) is 0 Å². The summed E-state index contributed by atoms with van der Waals surface area (Å²) in [4.78, 5) is 2.60. The number of ether oxygens (including phenoxy) is 1. The summed E-state index contributed by atoms with van der Waals surface area (Å²) in [6.45, 7) is 3.19. The minimum atomic E-state index is 0.240. The number of benzene rings is 2. The summed E-state index contributed by atoms with van der Waals surface area (Å²) in [5.41, 5.74) is 3.85. The molecule has 0 radical (unpaired) electrons. The average Bonchev–Trinajstić information content (AvgIpc) is 3.03. The van der Waals surface area contributed by atoms with Gasteiger partial charge in [0, 0.05) is 12.6 Å². The van der Waals surface area contributed by atoms with Gasteiger partial charge in [-0.2, -0.15) is 0 Å². The summed E-state index contributed by atoms with van der Waals surface area (Å²) < 4.78 is 6.08. The third-order valence-corrected chi connectivity index (χ3v) is 4.78. The van der Waals surface area contributed by atoms with Crippen LogP contribution < -0.4 is 0 Å². The third-order valence-electron chi connectivity index (χ3n) is 4.78. The Morgan fingerprint density at radius 1 is 0.905 bits per heavy atom. The number of nitrogens with zero attached hydrogens (tertiary/aromatic N) is 1. The highest BCUT2D eigenvalue weighted by atomic mass is 16.5. The average molecular weight is 279 g/mol. The fourth-order valence-corrected chi connectivity index (χ4v) is 3.54. The second-order valence-electron chi connectivity index (χ2n) is 6.10. The summed E-state index contributed by atoms with van der Waals surface area (Å²) in [6.07, 6.45) is 2.87. The Morgan fingerprint density at radius 2 is 1.67 bits per heavy atom. The Kier molecular flexibility index (Phi) is 3.50. The summed E-state index contributed by atoms with van der Waals surface area (Å²) in [6, 6.07) is 20.1. The van der Waals surface area contributed by atoms with Gasteiger partial charge >= 0.3 is 0 Å². The van der Waals surface area contributed by atoms with Crippen LogP contribution in [-0.2, 0) is 4.74 Å². The molecule has 2 heterocycles. The van der Waals surface area contributed by atoms with Crippen molar-refractivity contribution in [2.24, 2.45) is 0 Å².